The van der Waals surface area contributed by atoms with Gasteiger partial charge in [-0.3, -0.25) is 4.68 Å². The first-order valence-corrected chi connectivity index (χ1v) is 7.50. The number of nitrogens with zero attached hydrogens (tertiary/aromatic N) is 2. The fraction of sp³-hybridized carbons (Fsp3) is 0.800. The first kappa shape index (κ1) is 13.6. The van der Waals surface area contributed by atoms with Crippen LogP contribution < -0.4 is 5.32 Å². The highest BCUT2D eigenvalue weighted by atomic mass is 15.2. The minimum atomic E-state index is 0.614. The fourth-order valence-electron chi connectivity index (χ4n) is 3.06. The monoisotopic (exact) mass is 249 g/mol. The van der Waals surface area contributed by atoms with E-state index in [1.54, 1.807) is 0 Å². The van der Waals surface area contributed by atoms with Gasteiger partial charge in [-0.15, -0.1) is 0 Å². The van der Waals surface area contributed by atoms with Crippen molar-refractivity contribution in [1.82, 2.24) is 15.1 Å². The van der Waals surface area contributed by atoms with Gasteiger partial charge in [0, 0.05) is 25.7 Å². The zero-order chi connectivity index (χ0) is 12.8. The Hall–Kier alpha value is -0.830. The Labute approximate surface area is 111 Å². The van der Waals surface area contributed by atoms with Gasteiger partial charge in [0.05, 0.1) is 5.69 Å². The summed E-state index contributed by atoms with van der Waals surface area (Å²) in [5.74, 6) is 0.947. The highest BCUT2D eigenvalue weighted by molar-refractivity contribution is 5.01. The van der Waals surface area contributed by atoms with E-state index in [1.807, 2.05) is 17.9 Å². The molecule has 1 saturated carbocycles. The SMILES string of the molecule is CCCNC(Cc1ccn(C)n1)CC1CCCC1. The summed E-state index contributed by atoms with van der Waals surface area (Å²) in [6, 6.07) is 2.76. The fourth-order valence-corrected chi connectivity index (χ4v) is 3.06. The van der Waals surface area contributed by atoms with E-state index in [2.05, 4.69) is 23.4 Å². The predicted molar refractivity (Wildman–Crippen MR) is 75.6 cm³/mol. The number of hydrogen-bond acceptors (Lipinski definition) is 2. The second-order valence-electron chi connectivity index (χ2n) is 5.72. The number of hydrogen-bond donors (Lipinski definition) is 1. The maximum absolute atomic E-state index is 4.51. The molecule has 0 radical (unpaired) electrons. The molecule has 3 nitrogen and oxygen atoms in total. The van der Waals surface area contributed by atoms with E-state index in [1.165, 1.54) is 44.2 Å². The molecular weight excluding hydrogens is 222 g/mol. The maximum atomic E-state index is 4.51. The van der Waals surface area contributed by atoms with E-state index in [0.29, 0.717) is 6.04 Å². The van der Waals surface area contributed by atoms with Crippen molar-refractivity contribution in [3.8, 4) is 0 Å². The quantitative estimate of drug-likeness (QED) is 0.805. The van der Waals surface area contributed by atoms with Gasteiger partial charge in [-0.25, -0.2) is 0 Å². The largest absolute Gasteiger partial charge is 0.314 e. The summed E-state index contributed by atoms with van der Waals surface area (Å²) in [7, 11) is 1.99. The van der Waals surface area contributed by atoms with Gasteiger partial charge in [0.2, 0.25) is 0 Å². The Morgan fingerprint density at radius 3 is 2.83 bits per heavy atom. The first-order valence-electron chi connectivity index (χ1n) is 7.50. The van der Waals surface area contributed by atoms with Crippen molar-refractivity contribution < 1.29 is 0 Å². The molecule has 0 aromatic carbocycles. The lowest BCUT2D eigenvalue weighted by molar-refractivity contribution is 0.382. The standard InChI is InChI=1S/C15H27N3/c1-3-9-16-15(11-13-6-4-5-7-13)12-14-8-10-18(2)17-14/h8,10,13,15-16H,3-7,9,11-12H2,1-2H3. The molecule has 2 rings (SSSR count). The van der Waals surface area contributed by atoms with Gasteiger partial charge in [0.25, 0.3) is 0 Å². The van der Waals surface area contributed by atoms with Crippen molar-refractivity contribution in [2.75, 3.05) is 6.54 Å². The molecule has 1 heterocycles. The van der Waals surface area contributed by atoms with Crippen molar-refractivity contribution in [3.05, 3.63) is 18.0 Å². The highest BCUT2D eigenvalue weighted by Crippen LogP contribution is 2.29. The molecule has 18 heavy (non-hydrogen) atoms. The summed E-state index contributed by atoms with van der Waals surface area (Å²) >= 11 is 0. The number of aryl methyl sites for hydroxylation is 1. The van der Waals surface area contributed by atoms with Crippen molar-refractivity contribution in [3.63, 3.8) is 0 Å². The smallest absolute Gasteiger partial charge is 0.0640 e. The molecule has 0 aliphatic heterocycles. The first-order chi connectivity index (χ1) is 8.78. The Bertz CT molecular complexity index is 339. The molecule has 0 spiro atoms. The number of rotatable bonds is 7. The van der Waals surface area contributed by atoms with Crippen LogP contribution in [-0.4, -0.2) is 22.4 Å². The lowest BCUT2D eigenvalue weighted by atomic mass is 9.95. The van der Waals surface area contributed by atoms with E-state index < -0.39 is 0 Å². The van der Waals surface area contributed by atoms with Crippen molar-refractivity contribution in [1.29, 1.82) is 0 Å². The van der Waals surface area contributed by atoms with Crippen LogP contribution in [0.2, 0.25) is 0 Å². The van der Waals surface area contributed by atoms with E-state index in [0.717, 1.165) is 18.9 Å². The Balaban J connectivity index is 1.86. The van der Waals surface area contributed by atoms with Crippen LogP contribution in [0.15, 0.2) is 12.3 Å². The molecular formula is C15H27N3. The van der Waals surface area contributed by atoms with Crippen LogP contribution in [0.3, 0.4) is 0 Å². The average molecular weight is 249 g/mol. The zero-order valence-electron chi connectivity index (χ0n) is 11.9. The zero-order valence-corrected chi connectivity index (χ0v) is 11.9. The second-order valence-corrected chi connectivity index (χ2v) is 5.72. The molecule has 1 aliphatic rings. The summed E-state index contributed by atoms with van der Waals surface area (Å²) < 4.78 is 1.90. The predicted octanol–water partition coefficient (Wildman–Crippen LogP) is 2.91. The van der Waals surface area contributed by atoms with Crippen LogP contribution >= 0.6 is 0 Å². The lowest BCUT2D eigenvalue weighted by Gasteiger charge is -2.21. The third-order valence-electron chi connectivity index (χ3n) is 4.00. The van der Waals surface area contributed by atoms with Gasteiger partial charge < -0.3 is 5.32 Å². The summed E-state index contributed by atoms with van der Waals surface area (Å²) in [5.41, 5.74) is 1.23. The third-order valence-corrected chi connectivity index (χ3v) is 4.00. The molecule has 1 aliphatic carbocycles. The molecule has 1 aromatic heterocycles. The normalized spacial score (nSPS) is 18.3. The summed E-state index contributed by atoms with van der Waals surface area (Å²) in [6.07, 6.45) is 11.4. The van der Waals surface area contributed by atoms with Gasteiger partial charge in [-0.05, 0) is 31.4 Å². The maximum Gasteiger partial charge on any atom is 0.0640 e. The van der Waals surface area contributed by atoms with Crippen LogP contribution in [-0.2, 0) is 13.5 Å². The Morgan fingerprint density at radius 2 is 2.22 bits per heavy atom. The van der Waals surface area contributed by atoms with Gasteiger partial charge in [-0.2, -0.15) is 5.10 Å². The topological polar surface area (TPSA) is 29.9 Å². The molecule has 1 atom stereocenters. The summed E-state index contributed by atoms with van der Waals surface area (Å²) in [6.45, 7) is 3.37. The van der Waals surface area contributed by atoms with Gasteiger partial charge in [0.15, 0.2) is 0 Å². The minimum absolute atomic E-state index is 0.614. The third kappa shape index (κ3) is 4.13. The van der Waals surface area contributed by atoms with E-state index in [-0.39, 0.29) is 0 Å². The average Bonchev–Trinajstić information content (AvgIpc) is 2.98. The molecule has 1 N–H and O–H groups in total. The molecule has 3 heteroatoms. The molecule has 0 bridgehead atoms. The molecule has 0 amide bonds. The molecule has 102 valence electrons. The van der Waals surface area contributed by atoms with Crippen LogP contribution in [0.1, 0.15) is 51.1 Å². The van der Waals surface area contributed by atoms with Crippen LogP contribution in [0.25, 0.3) is 0 Å². The molecule has 1 unspecified atom stereocenters. The Morgan fingerprint density at radius 1 is 1.44 bits per heavy atom. The molecule has 0 saturated heterocycles. The van der Waals surface area contributed by atoms with Crippen molar-refractivity contribution >= 4 is 0 Å². The van der Waals surface area contributed by atoms with Gasteiger partial charge in [-0.1, -0.05) is 32.6 Å². The summed E-state index contributed by atoms with van der Waals surface area (Å²) in [4.78, 5) is 0. The Kier molecular flexibility index (Phi) is 5.24. The van der Waals surface area contributed by atoms with E-state index in [9.17, 15) is 0 Å². The van der Waals surface area contributed by atoms with Crippen molar-refractivity contribution in [2.24, 2.45) is 13.0 Å². The summed E-state index contributed by atoms with van der Waals surface area (Å²) in [5, 5.41) is 8.21. The van der Waals surface area contributed by atoms with Crippen LogP contribution in [0.4, 0.5) is 0 Å². The van der Waals surface area contributed by atoms with Gasteiger partial charge >= 0.3 is 0 Å². The van der Waals surface area contributed by atoms with Crippen molar-refractivity contribution in [2.45, 2.75) is 57.9 Å². The highest BCUT2D eigenvalue weighted by Gasteiger charge is 2.20. The van der Waals surface area contributed by atoms with Gasteiger partial charge in [0.1, 0.15) is 0 Å². The number of aromatic nitrogens is 2. The molecule has 1 aromatic rings. The number of nitrogens with one attached hydrogen (secondary N) is 1. The van der Waals surface area contributed by atoms with Crippen LogP contribution in [0, 0.1) is 5.92 Å². The second kappa shape index (κ2) is 6.93. The van der Waals surface area contributed by atoms with E-state index >= 15 is 0 Å². The minimum Gasteiger partial charge on any atom is -0.314 e. The lowest BCUT2D eigenvalue weighted by Crippen LogP contribution is -2.33. The molecule has 1 fully saturated rings. The van der Waals surface area contributed by atoms with Crippen LogP contribution in [0.5, 0.6) is 0 Å². The van der Waals surface area contributed by atoms with E-state index in [4.69, 9.17) is 0 Å².